The number of nitrogens with one attached hydrogen (secondary N) is 2. The summed E-state index contributed by atoms with van der Waals surface area (Å²) in [4.78, 5) is 34.5. The zero-order valence-corrected chi connectivity index (χ0v) is 24.3. The summed E-state index contributed by atoms with van der Waals surface area (Å²) in [6.45, 7) is 0.281. The Hall–Kier alpha value is -4.62. The van der Waals surface area contributed by atoms with Gasteiger partial charge in [-0.15, -0.1) is 5.10 Å². The number of aliphatic hydroxyl groups excluding tert-OH is 1. The monoisotopic (exact) mass is 587 g/mol. The number of methoxy groups -OCH3 is 2. The summed E-state index contributed by atoms with van der Waals surface area (Å²) in [6.07, 6.45) is 3.22. The molecule has 1 amide bonds. The van der Waals surface area contributed by atoms with E-state index in [-0.39, 0.29) is 30.5 Å². The maximum absolute atomic E-state index is 14.0. The van der Waals surface area contributed by atoms with Crippen LogP contribution in [0.5, 0.6) is 5.88 Å². The highest BCUT2D eigenvalue weighted by atomic mass is 16.5. The number of benzene rings is 1. The first kappa shape index (κ1) is 27.2. The van der Waals surface area contributed by atoms with Crippen molar-refractivity contribution >= 4 is 28.2 Å². The molecular weight excluding hydrogens is 554 g/mol. The highest BCUT2D eigenvalue weighted by molar-refractivity contribution is 6.14. The predicted octanol–water partition coefficient (Wildman–Crippen LogP) is 3.17. The van der Waals surface area contributed by atoms with E-state index in [9.17, 15) is 14.7 Å². The van der Waals surface area contributed by atoms with Gasteiger partial charge in [-0.05, 0) is 24.0 Å². The predicted molar refractivity (Wildman–Crippen MR) is 158 cm³/mol. The fourth-order valence-electron chi connectivity index (χ4n) is 6.70. The van der Waals surface area contributed by atoms with E-state index in [1.54, 1.807) is 29.6 Å². The lowest BCUT2D eigenvalue weighted by atomic mass is 9.96. The summed E-state index contributed by atoms with van der Waals surface area (Å²) in [5.74, 6) is 0.447. The number of alkyl carbamates (subject to hydrolysis) is 1. The first-order valence-corrected chi connectivity index (χ1v) is 14.2. The molecule has 1 saturated carbocycles. The molecule has 1 aromatic carbocycles. The molecule has 4 aromatic heterocycles. The first-order valence-electron chi connectivity index (χ1n) is 14.2. The molecule has 3 N–H and O–H groups in total. The number of hydrogen-bond donors (Lipinski definition) is 3. The molecule has 4 bridgehead atoms. The van der Waals surface area contributed by atoms with Gasteiger partial charge in [0.1, 0.15) is 5.65 Å². The number of aromatic nitrogens is 6. The van der Waals surface area contributed by atoms with E-state index in [2.05, 4.69) is 15.4 Å². The summed E-state index contributed by atoms with van der Waals surface area (Å²) in [5, 5.41) is 19.1. The molecule has 5 aromatic rings. The van der Waals surface area contributed by atoms with E-state index in [1.807, 2.05) is 42.1 Å². The van der Waals surface area contributed by atoms with Crippen LogP contribution in [0.3, 0.4) is 0 Å². The highest BCUT2D eigenvalue weighted by Gasteiger charge is 2.39. The molecular formula is C30H33N7O6. The van der Waals surface area contributed by atoms with Crippen molar-refractivity contribution in [3.05, 3.63) is 52.7 Å². The Morgan fingerprint density at radius 1 is 1.19 bits per heavy atom. The van der Waals surface area contributed by atoms with Crippen LogP contribution in [0.25, 0.3) is 44.5 Å². The second kappa shape index (κ2) is 10.3. The average Bonchev–Trinajstić information content (AvgIpc) is 3.75. The number of amides is 1. The Balaban J connectivity index is 1.55. The van der Waals surface area contributed by atoms with Crippen molar-refractivity contribution in [2.45, 2.75) is 43.6 Å². The van der Waals surface area contributed by atoms with Gasteiger partial charge < -0.3 is 29.6 Å². The van der Waals surface area contributed by atoms with E-state index < -0.39 is 12.2 Å². The molecule has 8 rings (SSSR count). The van der Waals surface area contributed by atoms with Crippen LogP contribution < -0.4 is 15.7 Å². The van der Waals surface area contributed by atoms with Gasteiger partial charge in [-0.2, -0.15) is 0 Å². The van der Waals surface area contributed by atoms with E-state index >= 15 is 0 Å². The Morgan fingerprint density at radius 2 is 1.98 bits per heavy atom. The van der Waals surface area contributed by atoms with Crippen LogP contribution in [0.1, 0.15) is 37.0 Å². The number of ether oxygens (including phenoxy) is 3. The molecule has 3 aliphatic rings. The number of nitrogens with zero attached hydrogens (tertiary/aromatic N) is 5. The Labute approximate surface area is 246 Å². The molecule has 0 spiro atoms. The fourth-order valence-corrected chi connectivity index (χ4v) is 6.70. The van der Waals surface area contributed by atoms with Crippen molar-refractivity contribution in [3.63, 3.8) is 0 Å². The Bertz CT molecular complexity index is 1920. The third kappa shape index (κ3) is 4.29. The summed E-state index contributed by atoms with van der Waals surface area (Å²) >= 11 is 0. The zero-order valence-electron chi connectivity index (χ0n) is 24.3. The molecule has 1 aliphatic carbocycles. The van der Waals surface area contributed by atoms with Crippen molar-refractivity contribution in [1.82, 2.24) is 34.2 Å². The topological polar surface area (TPSA) is 150 Å². The molecule has 1 fully saturated rings. The minimum atomic E-state index is -0.737. The molecule has 224 valence electrons. The third-order valence-electron chi connectivity index (χ3n) is 8.77. The summed E-state index contributed by atoms with van der Waals surface area (Å²) in [5.41, 5.74) is 5.80. The van der Waals surface area contributed by atoms with Crippen molar-refractivity contribution in [2.75, 3.05) is 20.8 Å². The van der Waals surface area contributed by atoms with Gasteiger partial charge >= 0.3 is 11.8 Å². The van der Waals surface area contributed by atoms with E-state index in [0.717, 1.165) is 38.9 Å². The lowest BCUT2D eigenvalue weighted by Gasteiger charge is -2.21. The van der Waals surface area contributed by atoms with Gasteiger partial charge in [-0.3, -0.25) is 13.8 Å². The number of hydrogen-bond acceptors (Lipinski definition) is 8. The van der Waals surface area contributed by atoms with Crippen LogP contribution in [-0.4, -0.2) is 73.1 Å². The van der Waals surface area contributed by atoms with Gasteiger partial charge in [-0.1, -0.05) is 24.3 Å². The van der Waals surface area contributed by atoms with Crippen molar-refractivity contribution < 1.29 is 24.1 Å². The van der Waals surface area contributed by atoms with Gasteiger partial charge in [0.05, 0.1) is 66.3 Å². The van der Waals surface area contributed by atoms with Gasteiger partial charge in [0.2, 0.25) is 5.88 Å². The second-order valence-corrected chi connectivity index (χ2v) is 11.2. The maximum Gasteiger partial charge on any atom is 0.407 e. The van der Waals surface area contributed by atoms with Gasteiger partial charge in [-0.25, -0.2) is 14.6 Å². The maximum atomic E-state index is 14.0. The quantitative estimate of drug-likeness (QED) is 0.291. The Morgan fingerprint density at radius 3 is 2.72 bits per heavy atom. The number of carbonyl (C=O) groups is 1. The summed E-state index contributed by atoms with van der Waals surface area (Å²) in [7, 11) is 6.47. The van der Waals surface area contributed by atoms with Crippen LogP contribution >= 0.6 is 0 Å². The number of fused-ring (bicyclic) bond motifs is 5. The molecule has 43 heavy (non-hydrogen) atoms. The minimum Gasteiger partial charge on any atom is -0.479 e. The van der Waals surface area contributed by atoms with Crippen LogP contribution in [0, 0.1) is 0 Å². The van der Waals surface area contributed by atoms with Gasteiger partial charge in [0.15, 0.2) is 0 Å². The molecule has 2 aliphatic heterocycles. The van der Waals surface area contributed by atoms with Crippen molar-refractivity contribution in [2.24, 2.45) is 14.1 Å². The second-order valence-electron chi connectivity index (χ2n) is 11.2. The van der Waals surface area contributed by atoms with E-state index in [1.165, 1.54) is 7.11 Å². The number of carbonyl (C=O) groups excluding carboxylic acids is 1. The Kier molecular flexibility index (Phi) is 6.51. The van der Waals surface area contributed by atoms with Crippen LogP contribution in [0.4, 0.5) is 4.79 Å². The van der Waals surface area contributed by atoms with Crippen LogP contribution in [-0.2, 0) is 23.6 Å². The van der Waals surface area contributed by atoms with Gasteiger partial charge in [0, 0.05) is 44.9 Å². The summed E-state index contributed by atoms with van der Waals surface area (Å²) in [6, 6.07) is 7.08. The third-order valence-corrected chi connectivity index (χ3v) is 8.77. The first-order chi connectivity index (χ1) is 20.8. The van der Waals surface area contributed by atoms with Crippen molar-refractivity contribution in [3.8, 4) is 28.3 Å². The lowest BCUT2D eigenvalue weighted by Crippen LogP contribution is -2.41. The van der Waals surface area contributed by atoms with Crippen molar-refractivity contribution in [1.29, 1.82) is 0 Å². The number of imidazole rings is 1. The minimum absolute atomic E-state index is 0.186. The average molecular weight is 588 g/mol. The largest absolute Gasteiger partial charge is 0.479 e. The lowest BCUT2D eigenvalue weighted by molar-refractivity contribution is 0.0166. The molecule has 0 unspecified atom stereocenters. The number of rotatable bonds is 3. The molecule has 4 atom stereocenters. The molecule has 6 heterocycles. The molecule has 0 saturated heterocycles. The SMILES string of the molecule is COC(=O)N[C@H]1C[C@H]2C[C@H]1OCC[C@H](O)c1ccc(cc1)-c1c(-c3cn(C)nc3OC)[nH]c3ncc4c(c13)n2c(=O)n4C. The zero-order chi connectivity index (χ0) is 30.0. The van der Waals surface area contributed by atoms with Crippen LogP contribution in [0.2, 0.25) is 0 Å². The van der Waals surface area contributed by atoms with Crippen LogP contribution in [0.15, 0.2) is 41.5 Å². The molecule has 13 nitrogen and oxygen atoms in total. The number of H-pyrrole nitrogens is 1. The number of aromatic amines is 1. The van der Waals surface area contributed by atoms with E-state index in [0.29, 0.717) is 36.3 Å². The normalized spacial score (nSPS) is 21.8. The fraction of sp³-hybridized carbons (Fsp3) is 0.400. The smallest absolute Gasteiger partial charge is 0.407 e. The molecule has 0 radical (unpaired) electrons. The number of aliphatic hydroxyl groups is 1. The standard InChI is InChI=1S/C30H33N7O6/c1-35-14-18(28(34-35)41-3)25-23-16-7-5-15(6-8-16)21(38)9-10-43-22-12-17(11-19(22)32-29(39)42-4)37-26-20(36(2)30(37)40)13-31-27(33-25)24(23)26/h5-8,13-14,17,19,21-22,38H,9-12H2,1-4H3,(H,31,33)(H,32,39)/t17-,19-,21-,22+/m0/s1. The number of aryl methyl sites for hydroxylation is 2. The highest BCUT2D eigenvalue weighted by Crippen LogP contribution is 2.45. The van der Waals surface area contributed by atoms with Gasteiger partial charge in [0.25, 0.3) is 0 Å². The summed E-state index contributed by atoms with van der Waals surface area (Å²) < 4.78 is 21.9. The molecule has 13 heteroatoms. The van der Waals surface area contributed by atoms with E-state index in [4.69, 9.17) is 19.2 Å². The number of pyridine rings is 1.